The molecule has 2 rings (SSSR count). The SMILES string of the molecule is CCN(CC(=O)N1CCC(C(N)=O)CC1)Cc1ccccc1. The van der Waals surface area contributed by atoms with Crippen molar-refractivity contribution in [1.82, 2.24) is 9.80 Å². The molecule has 5 nitrogen and oxygen atoms in total. The lowest BCUT2D eigenvalue weighted by molar-refractivity contribution is -0.136. The number of likely N-dealkylation sites (N-methyl/N-ethyl adjacent to an activating group) is 1. The summed E-state index contributed by atoms with van der Waals surface area (Å²) in [5.41, 5.74) is 6.54. The second-order valence-electron chi connectivity index (χ2n) is 5.85. The number of nitrogens with two attached hydrogens (primary N) is 1. The summed E-state index contributed by atoms with van der Waals surface area (Å²) in [4.78, 5) is 27.6. The Morgan fingerprint density at radius 1 is 1.23 bits per heavy atom. The second-order valence-corrected chi connectivity index (χ2v) is 5.85. The summed E-state index contributed by atoms with van der Waals surface area (Å²) in [6, 6.07) is 10.2. The summed E-state index contributed by atoms with van der Waals surface area (Å²) in [6.07, 6.45) is 1.37. The number of primary amides is 1. The van der Waals surface area contributed by atoms with Gasteiger partial charge >= 0.3 is 0 Å². The Kier molecular flexibility index (Phi) is 5.95. The number of carbonyl (C=O) groups is 2. The summed E-state index contributed by atoms with van der Waals surface area (Å²) in [5, 5.41) is 0. The highest BCUT2D eigenvalue weighted by molar-refractivity contribution is 5.80. The zero-order valence-corrected chi connectivity index (χ0v) is 13.2. The monoisotopic (exact) mass is 303 g/mol. The molecule has 0 saturated carbocycles. The van der Waals surface area contributed by atoms with Crippen molar-refractivity contribution < 1.29 is 9.59 Å². The summed E-state index contributed by atoms with van der Waals surface area (Å²) in [6.45, 7) is 5.37. The van der Waals surface area contributed by atoms with E-state index in [0.29, 0.717) is 32.5 Å². The summed E-state index contributed by atoms with van der Waals surface area (Å²) in [5.74, 6) is -0.178. The van der Waals surface area contributed by atoms with Crippen LogP contribution in [0, 0.1) is 5.92 Å². The van der Waals surface area contributed by atoms with Crippen molar-refractivity contribution in [2.45, 2.75) is 26.3 Å². The van der Waals surface area contributed by atoms with Gasteiger partial charge in [-0.15, -0.1) is 0 Å². The van der Waals surface area contributed by atoms with Crippen molar-refractivity contribution in [3.05, 3.63) is 35.9 Å². The fourth-order valence-corrected chi connectivity index (χ4v) is 2.83. The van der Waals surface area contributed by atoms with Gasteiger partial charge in [0.1, 0.15) is 0 Å². The largest absolute Gasteiger partial charge is 0.369 e. The molecule has 5 heteroatoms. The lowest BCUT2D eigenvalue weighted by Gasteiger charge is -2.32. The first-order chi connectivity index (χ1) is 10.6. The molecule has 1 fully saturated rings. The Hall–Kier alpha value is -1.88. The minimum Gasteiger partial charge on any atom is -0.369 e. The van der Waals surface area contributed by atoms with Gasteiger partial charge in [-0.05, 0) is 24.9 Å². The van der Waals surface area contributed by atoms with E-state index in [1.54, 1.807) is 0 Å². The highest BCUT2D eigenvalue weighted by Crippen LogP contribution is 2.17. The molecule has 0 spiro atoms. The number of hydrogen-bond donors (Lipinski definition) is 1. The number of piperidine rings is 1. The highest BCUT2D eigenvalue weighted by Gasteiger charge is 2.26. The van der Waals surface area contributed by atoms with Crippen LogP contribution in [0.15, 0.2) is 30.3 Å². The van der Waals surface area contributed by atoms with Crippen LogP contribution < -0.4 is 5.73 Å². The van der Waals surface area contributed by atoms with E-state index in [1.807, 2.05) is 23.1 Å². The minimum absolute atomic E-state index is 0.0735. The third-order valence-corrected chi connectivity index (χ3v) is 4.31. The van der Waals surface area contributed by atoms with Gasteiger partial charge in [-0.1, -0.05) is 37.3 Å². The predicted molar refractivity (Wildman–Crippen MR) is 85.9 cm³/mol. The maximum atomic E-state index is 12.4. The zero-order valence-electron chi connectivity index (χ0n) is 13.2. The topological polar surface area (TPSA) is 66.6 Å². The molecule has 1 saturated heterocycles. The first-order valence-electron chi connectivity index (χ1n) is 7.93. The van der Waals surface area contributed by atoms with E-state index < -0.39 is 0 Å². The summed E-state index contributed by atoms with van der Waals surface area (Å²) in [7, 11) is 0. The molecule has 1 aliphatic heterocycles. The van der Waals surface area contributed by atoms with Gasteiger partial charge in [0.05, 0.1) is 6.54 Å². The van der Waals surface area contributed by atoms with Crippen molar-refractivity contribution in [2.75, 3.05) is 26.2 Å². The number of amides is 2. The number of carbonyl (C=O) groups excluding carboxylic acids is 2. The van der Waals surface area contributed by atoms with Crippen LogP contribution in [-0.4, -0.2) is 47.8 Å². The molecule has 0 aliphatic carbocycles. The number of likely N-dealkylation sites (tertiary alicyclic amines) is 1. The first-order valence-corrected chi connectivity index (χ1v) is 7.93. The van der Waals surface area contributed by atoms with Crippen LogP contribution in [0.3, 0.4) is 0 Å². The summed E-state index contributed by atoms with van der Waals surface area (Å²) < 4.78 is 0. The van der Waals surface area contributed by atoms with E-state index >= 15 is 0 Å². The van der Waals surface area contributed by atoms with Gasteiger partial charge in [0, 0.05) is 25.6 Å². The first kappa shape index (κ1) is 16.5. The van der Waals surface area contributed by atoms with Crippen LogP contribution in [0.5, 0.6) is 0 Å². The highest BCUT2D eigenvalue weighted by atomic mass is 16.2. The van der Waals surface area contributed by atoms with Crippen molar-refractivity contribution in [3.8, 4) is 0 Å². The minimum atomic E-state index is -0.244. The molecule has 0 bridgehead atoms. The van der Waals surface area contributed by atoms with Crippen molar-refractivity contribution in [2.24, 2.45) is 11.7 Å². The number of rotatable bonds is 6. The predicted octanol–water partition coefficient (Wildman–Crippen LogP) is 1.23. The van der Waals surface area contributed by atoms with Gasteiger partial charge in [-0.3, -0.25) is 14.5 Å². The van der Waals surface area contributed by atoms with E-state index in [1.165, 1.54) is 5.56 Å². The quantitative estimate of drug-likeness (QED) is 0.859. The van der Waals surface area contributed by atoms with Crippen molar-refractivity contribution in [1.29, 1.82) is 0 Å². The maximum absolute atomic E-state index is 12.4. The van der Waals surface area contributed by atoms with E-state index in [9.17, 15) is 9.59 Å². The average molecular weight is 303 g/mol. The Labute approximate surface area is 132 Å². The van der Waals surface area contributed by atoms with Crippen LogP contribution >= 0.6 is 0 Å². The molecule has 1 aliphatic rings. The zero-order chi connectivity index (χ0) is 15.9. The van der Waals surface area contributed by atoms with Crippen LogP contribution in [-0.2, 0) is 16.1 Å². The van der Waals surface area contributed by atoms with Gasteiger partial charge in [0.2, 0.25) is 11.8 Å². The molecule has 0 unspecified atom stereocenters. The third kappa shape index (κ3) is 4.56. The van der Waals surface area contributed by atoms with E-state index in [4.69, 9.17) is 5.73 Å². The summed E-state index contributed by atoms with van der Waals surface area (Å²) >= 11 is 0. The van der Waals surface area contributed by atoms with Crippen molar-refractivity contribution in [3.63, 3.8) is 0 Å². The van der Waals surface area contributed by atoms with E-state index in [-0.39, 0.29) is 17.7 Å². The standard InChI is InChI=1S/C17H25N3O2/c1-2-19(12-14-6-4-3-5-7-14)13-16(21)20-10-8-15(9-11-20)17(18)22/h3-7,15H,2,8-13H2,1H3,(H2,18,22). The Morgan fingerprint density at radius 3 is 2.41 bits per heavy atom. The van der Waals surface area contributed by atoms with Gasteiger partial charge < -0.3 is 10.6 Å². The number of benzene rings is 1. The molecule has 0 aromatic heterocycles. The molecule has 2 amide bonds. The molecule has 1 aromatic rings. The molecule has 1 aromatic carbocycles. The smallest absolute Gasteiger partial charge is 0.236 e. The fourth-order valence-electron chi connectivity index (χ4n) is 2.83. The molecule has 120 valence electrons. The van der Waals surface area contributed by atoms with Crippen LogP contribution in [0.2, 0.25) is 0 Å². The molecular weight excluding hydrogens is 278 g/mol. The van der Waals surface area contributed by atoms with Gasteiger partial charge in [0.15, 0.2) is 0 Å². The molecule has 0 atom stereocenters. The second kappa shape index (κ2) is 7.94. The number of hydrogen-bond acceptors (Lipinski definition) is 3. The lowest BCUT2D eigenvalue weighted by Crippen LogP contribution is -2.45. The molecule has 0 radical (unpaired) electrons. The van der Waals surface area contributed by atoms with Gasteiger partial charge in [0.25, 0.3) is 0 Å². The van der Waals surface area contributed by atoms with Crippen LogP contribution in [0.4, 0.5) is 0 Å². The Bertz CT molecular complexity index is 496. The van der Waals surface area contributed by atoms with Gasteiger partial charge in [-0.2, -0.15) is 0 Å². The molecular formula is C17H25N3O2. The normalized spacial score (nSPS) is 16.0. The van der Waals surface area contributed by atoms with E-state index in [2.05, 4.69) is 24.0 Å². The van der Waals surface area contributed by atoms with Crippen LogP contribution in [0.1, 0.15) is 25.3 Å². The number of nitrogens with zero attached hydrogens (tertiary/aromatic N) is 2. The lowest BCUT2D eigenvalue weighted by atomic mass is 9.96. The van der Waals surface area contributed by atoms with Crippen molar-refractivity contribution >= 4 is 11.8 Å². The fraction of sp³-hybridized carbons (Fsp3) is 0.529. The average Bonchev–Trinajstić information content (AvgIpc) is 2.55. The molecule has 1 heterocycles. The van der Waals surface area contributed by atoms with Crippen LogP contribution in [0.25, 0.3) is 0 Å². The Balaban J connectivity index is 1.83. The third-order valence-electron chi connectivity index (χ3n) is 4.31. The van der Waals surface area contributed by atoms with Gasteiger partial charge in [-0.25, -0.2) is 0 Å². The molecule has 22 heavy (non-hydrogen) atoms. The Morgan fingerprint density at radius 2 is 1.86 bits per heavy atom. The molecule has 2 N–H and O–H groups in total. The van der Waals surface area contributed by atoms with E-state index in [0.717, 1.165) is 13.1 Å². The maximum Gasteiger partial charge on any atom is 0.236 e.